The summed E-state index contributed by atoms with van der Waals surface area (Å²) >= 11 is 0. The summed E-state index contributed by atoms with van der Waals surface area (Å²) in [5, 5.41) is 0. The highest BCUT2D eigenvalue weighted by Crippen LogP contribution is 2.52. The molecule has 0 atom stereocenters. The van der Waals surface area contributed by atoms with Crippen molar-refractivity contribution in [3.63, 3.8) is 0 Å². The van der Waals surface area contributed by atoms with Gasteiger partial charge < -0.3 is 0 Å². The maximum absolute atomic E-state index is 12.4. The molecule has 0 amide bonds. The van der Waals surface area contributed by atoms with Crippen molar-refractivity contribution in [1.29, 1.82) is 0 Å². The Morgan fingerprint density at radius 3 is 1.11 bits per heavy atom. The van der Waals surface area contributed by atoms with E-state index in [-0.39, 0.29) is 0 Å². The van der Waals surface area contributed by atoms with E-state index in [0.717, 1.165) is 0 Å². The summed E-state index contributed by atoms with van der Waals surface area (Å²) in [6.07, 6.45) is -12.9. The van der Waals surface area contributed by atoms with Gasteiger partial charge in [0, 0.05) is 5.92 Å². The molecule has 12 heteroatoms. The van der Waals surface area contributed by atoms with Crippen LogP contribution in [0.2, 0.25) is 0 Å². The molecule has 0 aliphatic carbocycles. The van der Waals surface area contributed by atoms with E-state index in [1.807, 2.05) is 0 Å². The fourth-order valence-electron chi connectivity index (χ4n) is 0.603. The van der Waals surface area contributed by atoms with Gasteiger partial charge in [-0.05, 0) is 5.92 Å². The Balaban J connectivity index is 5.70. The lowest BCUT2D eigenvalue weighted by Gasteiger charge is -2.31. The Bertz CT molecular complexity index is 385. The van der Waals surface area contributed by atoms with Crippen molar-refractivity contribution in [2.24, 2.45) is 0 Å². The first-order valence-corrected chi connectivity index (χ1v) is 3.77. The van der Waals surface area contributed by atoms with Gasteiger partial charge in [0.1, 0.15) is 0 Å². The smallest absolute Gasteiger partial charge is 0.191 e. The van der Waals surface area contributed by atoms with Crippen molar-refractivity contribution in [1.82, 2.24) is 0 Å². The van der Waals surface area contributed by atoms with Crippen LogP contribution in [-0.4, -0.2) is 30.1 Å². The quantitative estimate of drug-likeness (QED) is 0.534. The van der Waals surface area contributed by atoms with Crippen molar-refractivity contribution in [2.75, 3.05) is 0 Å². The molecular weight excluding hydrogens is 312 g/mol. The molecule has 112 valence electrons. The summed E-state index contributed by atoms with van der Waals surface area (Å²) in [6.45, 7) is 0. The van der Waals surface area contributed by atoms with Crippen LogP contribution in [0.5, 0.6) is 0 Å². The van der Waals surface area contributed by atoms with Crippen molar-refractivity contribution < 1.29 is 52.7 Å². The topological polar surface area (TPSA) is 0 Å². The first-order chi connectivity index (χ1) is 7.96. The molecule has 0 aliphatic rings. The van der Waals surface area contributed by atoms with E-state index in [0.29, 0.717) is 0 Å². The highest BCUT2D eigenvalue weighted by molar-refractivity contribution is 5.20. The predicted octanol–water partition coefficient (Wildman–Crippen LogP) is 4.02. The van der Waals surface area contributed by atoms with Crippen molar-refractivity contribution in [3.8, 4) is 11.8 Å². The zero-order valence-electron chi connectivity index (χ0n) is 8.04. The maximum atomic E-state index is 12.4. The molecule has 0 unspecified atom stereocenters. The molecule has 0 heterocycles. The lowest BCUT2D eigenvalue weighted by atomic mass is 10.0. The van der Waals surface area contributed by atoms with Gasteiger partial charge >= 0.3 is 30.1 Å². The third kappa shape index (κ3) is 3.38. The molecule has 19 heavy (non-hydrogen) atoms. The minimum absolute atomic E-state index is 0.489. The van der Waals surface area contributed by atoms with E-state index < -0.39 is 42.0 Å². The van der Waals surface area contributed by atoms with Crippen LogP contribution in [0.25, 0.3) is 0 Å². The van der Waals surface area contributed by atoms with Gasteiger partial charge in [0.25, 0.3) is 0 Å². The van der Waals surface area contributed by atoms with Crippen LogP contribution in [0.1, 0.15) is 0 Å². The van der Waals surface area contributed by atoms with E-state index in [2.05, 4.69) is 0 Å². The normalized spacial score (nSPS) is 14.9. The predicted molar refractivity (Wildman–Crippen MR) is 34.7 cm³/mol. The minimum Gasteiger partial charge on any atom is -0.191 e. The number of alkyl halides is 12. The number of hydrogen-bond acceptors (Lipinski definition) is 0. The molecule has 0 aromatic heterocycles. The summed E-state index contributed by atoms with van der Waals surface area (Å²) in [5.41, 5.74) is 0. The van der Waals surface area contributed by atoms with E-state index in [1.54, 1.807) is 0 Å². The Labute approximate surface area is 95.9 Å². The van der Waals surface area contributed by atoms with E-state index >= 15 is 0 Å². The molecule has 0 saturated carbocycles. The Morgan fingerprint density at radius 2 is 0.842 bits per heavy atom. The van der Waals surface area contributed by atoms with Crippen LogP contribution < -0.4 is 0 Å². The van der Waals surface area contributed by atoms with Crippen LogP contribution in [0.4, 0.5) is 52.7 Å². The molecule has 0 radical (unpaired) electrons. The van der Waals surface area contributed by atoms with Crippen LogP contribution in [0, 0.1) is 11.8 Å². The SMILES string of the molecule is FC(F)(F)C#CC(F)(F)C(F)(F)C(F)(F)C(F)(F)F. The van der Waals surface area contributed by atoms with E-state index in [9.17, 15) is 52.7 Å². The van der Waals surface area contributed by atoms with Gasteiger partial charge in [-0.25, -0.2) is 0 Å². The van der Waals surface area contributed by atoms with Crippen molar-refractivity contribution in [3.05, 3.63) is 0 Å². The van der Waals surface area contributed by atoms with Gasteiger partial charge in [-0.15, -0.1) is 0 Å². The first-order valence-electron chi connectivity index (χ1n) is 3.77. The lowest BCUT2D eigenvalue weighted by Crippen LogP contribution is -2.60. The van der Waals surface area contributed by atoms with Crippen LogP contribution in [0.3, 0.4) is 0 Å². The number of halogens is 12. The van der Waals surface area contributed by atoms with Gasteiger partial charge in [0.05, 0.1) is 0 Å². The van der Waals surface area contributed by atoms with Crippen LogP contribution >= 0.6 is 0 Å². The van der Waals surface area contributed by atoms with Crippen LogP contribution in [0.15, 0.2) is 0 Å². The third-order valence-electron chi connectivity index (χ3n) is 1.51. The van der Waals surface area contributed by atoms with Gasteiger partial charge in [-0.2, -0.15) is 52.7 Å². The molecule has 0 bridgehead atoms. The van der Waals surface area contributed by atoms with Gasteiger partial charge in [0.15, 0.2) is 0 Å². The molecule has 0 aromatic carbocycles. The number of rotatable bonds is 2. The summed E-state index contributed by atoms with van der Waals surface area (Å²) in [4.78, 5) is 0. The molecule has 0 nitrogen and oxygen atoms in total. The maximum Gasteiger partial charge on any atom is 0.460 e. The summed E-state index contributed by atoms with van der Waals surface area (Å²) in [7, 11) is 0. The van der Waals surface area contributed by atoms with Crippen molar-refractivity contribution in [2.45, 2.75) is 30.1 Å². The lowest BCUT2D eigenvalue weighted by molar-refractivity contribution is -0.386. The average molecular weight is 312 g/mol. The molecule has 0 fully saturated rings. The summed E-state index contributed by atoms with van der Waals surface area (Å²) in [5.74, 6) is -22.1. The highest BCUT2D eigenvalue weighted by atomic mass is 19.4. The molecular formula is C7F12. The van der Waals surface area contributed by atoms with E-state index in [1.165, 1.54) is 0 Å². The Kier molecular flexibility index (Phi) is 4.08. The van der Waals surface area contributed by atoms with E-state index in [4.69, 9.17) is 0 Å². The fraction of sp³-hybridized carbons (Fsp3) is 0.714. The summed E-state index contributed by atoms with van der Waals surface area (Å²) < 4.78 is 142. The van der Waals surface area contributed by atoms with Gasteiger partial charge in [-0.3, -0.25) is 0 Å². The Hall–Kier alpha value is -1.28. The zero-order chi connectivity index (χ0) is 15.9. The first kappa shape index (κ1) is 17.7. The monoisotopic (exact) mass is 312 g/mol. The minimum atomic E-state index is -7.26. The highest BCUT2D eigenvalue weighted by Gasteiger charge is 2.81. The standard InChI is InChI=1S/C7F12/c8-3(9,1-2-4(10,11)12)5(13,14)6(15,16)7(17,18)19. The second-order valence-electron chi connectivity index (χ2n) is 2.97. The second-order valence-corrected chi connectivity index (χ2v) is 2.97. The van der Waals surface area contributed by atoms with Gasteiger partial charge in [-0.1, -0.05) is 0 Å². The van der Waals surface area contributed by atoms with Gasteiger partial charge in [0.2, 0.25) is 0 Å². The molecule has 0 spiro atoms. The molecule has 0 N–H and O–H groups in total. The molecule has 0 aromatic rings. The number of hydrogen-bond donors (Lipinski definition) is 0. The second kappa shape index (κ2) is 4.38. The molecule has 0 rings (SSSR count). The van der Waals surface area contributed by atoms with Crippen molar-refractivity contribution >= 4 is 0 Å². The van der Waals surface area contributed by atoms with Crippen LogP contribution in [-0.2, 0) is 0 Å². The zero-order valence-corrected chi connectivity index (χ0v) is 8.04. The average Bonchev–Trinajstić information content (AvgIpc) is 2.11. The summed E-state index contributed by atoms with van der Waals surface area (Å²) in [6, 6.07) is 0. The fourth-order valence-corrected chi connectivity index (χ4v) is 0.603. The third-order valence-corrected chi connectivity index (χ3v) is 1.51. The molecule has 0 saturated heterocycles. The largest absolute Gasteiger partial charge is 0.460 e. The molecule has 0 aliphatic heterocycles. The Morgan fingerprint density at radius 1 is 0.474 bits per heavy atom.